The first-order chi connectivity index (χ1) is 11.8. The lowest BCUT2D eigenvalue weighted by molar-refractivity contribution is -0.127. The number of unbranched alkanes of at least 4 members (excludes halogenated alkanes) is 2. The number of carbonyl (C=O) groups is 1. The quantitative estimate of drug-likeness (QED) is 0.210. The largest absolute Gasteiger partial charge is 0.504 e. The van der Waals surface area contributed by atoms with E-state index in [1.54, 1.807) is 32.1 Å². The molecule has 5 N–H and O–H groups in total. The van der Waals surface area contributed by atoms with Crippen LogP contribution >= 0.6 is 0 Å². The molecule has 1 aliphatic rings. The van der Waals surface area contributed by atoms with Crippen molar-refractivity contribution in [2.45, 2.75) is 57.8 Å². The van der Waals surface area contributed by atoms with Gasteiger partial charge in [-0.15, -0.1) is 0 Å². The molecule has 140 valence electrons. The number of aliphatic hydroxyl groups excluding tert-OH is 3. The Balaban J connectivity index is 2.27. The predicted molar refractivity (Wildman–Crippen MR) is 99.9 cm³/mol. The van der Waals surface area contributed by atoms with Crippen LogP contribution < -0.4 is 5.73 Å². The third kappa shape index (κ3) is 8.29. The number of Topliss-reactive ketones (excluding diaryl/α,β-unsaturated/α-hetero) is 1. The van der Waals surface area contributed by atoms with E-state index in [9.17, 15) is 20.1 Å². The Bertz CT molecular complexity index is 520. The van der Waals surface area contributed by atoms with E-state index in [1.807, 2.05) is 18.2 Å². The van der Waals surface area contributed by atoms with E-state index >= 15 is 0 Å². The van der Waals surface area contributed by atoms with E-state index in [2.05, 4.69) is 0 Å². The van der Waals surface area contributed by atoms with E-state index in [0.717, 1.165) is 25.7 Å². The zero-order chi connectivity index (χ0) is 18.8. The monoisotopic (exact) mass is 349 g/mol. The minimum Gasteiger partial charge on any atom is -0.504 e. The molecule has 0 aromatic heterocycles. The van der Waals surface area contributed by atoms with Gasteiger partial charge < -0.3 is 21.1 Å². The highest BCUT2D eigenvalue weighted by Gasteiger charge is 2.22. The van der Waals surface area contributed by atoms with Crippen LogP contribution in [0.2, 0.25) is 0 Å². The Morgan fingerprint density at radius 2 is 1.84 bits per heavy atom. The van der Waals surface area contributed by atoms with Crippen molar-refractivity contribution in [3.63, 3.8) is 0 Å². The number of hydrogen-bond acceptors (Lipinski definition) is 5. The van der Waals surface area contributed by atoms with Gasteiger partial charge in [0.25, 0.3) is 0 Å². The molecule has 0 amide bonds. The lowest BCUT2D eigenvalue weighted by Gasteiger charge is -2.13. The highest BCUT2D eigenvalue weighted by atomic mass is 16.3. The molecule has 2 unspecified atom stereocenters. The molecule has 25 heavy (non-hydrogen) atoms. The lowest BCUT2D eigenvalue weighted by Crippen LogP contribution is -2.28. The molecule has 0 aromatic carbocycles. The van der Waals surface area contributed by atoms with Crippen LogP contribution in [0.4, 0.5) is 0 Å². The molecule has 0 aromatic rings. The minimum absolute atomic E-state index is 0.257. The second-order valence-electron chi connectivity index (χ2n) is 6.82. The zero-order valence-corrected chi connectivity index (χ0v) is 15.1. The first-order valence-corrected chi connectivity index (χ1v) is 8.91. The standard InChI is InChI=1S/C20H31NO4/c1-14(2)19(24)20(25)18(23)13-16(21)8-6-4-3-5-7-15-9-11-17(22)12-10-15/h6,8-17,19,22-24H,3-5,7,21H2,1-2H3/b8-6-,18-13-. The highest BCUT2D eigenvalue weighted by molar-refractivity contribution is 5.96. The van der Waals surface area contributed by atoms with Gasteiger partial charge in [0.05, 0.1) is 6.10 Å². The van der Waals surface area contributed by atoms with Gasteiger partial charge in [0, 0.05) is 6.04 Å². The minimum atomic E-state index is -1.21. The number of hydrogen-bond donors (Lipinski definition) is 4. The van der Waals surface area contributed by atoms with Gasteiger partial charge in [-0.1, -0.05) is 56.7 Å². The normalized spacial score (nSPS) is 23.4. The molecule has 0 fully saturated rings. The fraction of sp³-hybridized carbons (Fsp3) is 0.550. The lowest BCUT2D eigenvalue weighted by atomic mass is 9.96. The third-order valence-electron chi connectivity index (χ3n) is 4.13. The van der Waals surface area contributed by atoms with Crippen LogP contribution in [0, 0.1) is 11.8 Å². The summed E-state index contributed by atoms with van der Waals surface area (Å²) in [6.07, 6.45) is 15.0. The van der Waals surface area contributed by atoms with Gasteiger partial charge in [0.2, 0.25) is 5.78 Å². The summed E-state index contributed by atoms with van der Waals surface area (Å²) < 4.78 is 0. The zero-order valence-electron chi connectivity index (χ0n) is 15.1. The Kier molecular flexibility index (Phi) is 9.42. The molecule has 5 nitrogen and oxygen atoms in total. The summed E-state index contributed by atoms with van der Waals surface area (Å²) in [5, 5.41) is 28.7. The van der Waals surface area contributed by atoms with E-state index in [0.29, 0.717) is 5.92 Å². The topological polar surface area (TPSA) is 104 Å². The molecule has 0 aliphatic heterocycles. The van der Waals surface area contributed by atoms with Crippen molar-refractivity contribution < 1.29 is 20.1 Å². The second kappa shape index (κ2) is 11.0. The Morgan fingerprint density at radius 3 is 2.44 bits per heavy atom. The van der Waals surface area contributed by atoms with Gasteiger partial charge in [-0.05, 0) is 37.2 Å². The number of nitrogens with two attached hydrogens (primary N) is 1. The van der Waals surface area contributed by atoms with Crippen molar-refractivity contribution >= 4 is 5.78 Å². The van der Waals surface area contributed by atoms with Gasteiger partial charge in [-0.3, -0.25) is 4.79 Å². The Labute approximate surface area is 150 Å². The van der Waals surface area contributed by atoms with Crippen LogP contribution in [0.1, 0.15) is 39.5 Å². The van der Waals surface area contributed by atoms with Gasteiger partial charge >= 0.3 is 0 Å². The summed E-state index contributed by atoms with van der Waals surface area (Å²) in [4.78, 5) is 11.7. The number of carbonyl (C=O) groups excluding carboxylic acids is 1. The fourth-order valence-electron chi connectivity index (χ4n) is 2.50. The smallest absolute Gasteiger partial charge is 0.225 e. The van der Waals surface area contributed by atoms with Crippen molar-refractivity contribution in [3.8, 4) is 0 Å². The van der Waals surface area contributed by atoms with Gasteiger partial charge in [-0.25, -0.2) is 0 Å². The maximum atomic E-state index is 11.7. The third-order valence-corrected chi connectivity index (χ3v) is 4.13. The van der Waals surface area contributed by atoms with E-state index in [1.165, 1.54) is 6.08 Å². The number of allylic oxidation sites excluding steroid dienone is 3. The Hall–Kier alpha value is -1.69. The van der Waals surface area contributed by atoms with E-state index in [4.69, 9.17) is 5.73 Å². The van der Waals surface area contributed by atoms with Crippen LogP contribution in [-0.4, -0.2) is 39.4 Å². The van der Waals surface area contributed by atoms with Crippen molar-refractivity contribution in [2.75, 3.05) is 0 Å². The van der Waals surface area contributed by atoms with Crippen molar-refractivity contribution in [1.82, 2.24) is 0 Å². The molecule has 0 spiro atoms. The van der Waals surface area contributed by atoms with E-state index < -0.39 is 29.8 Å². The van der Waals surface area contributed by atoms with Gasteiger partial charge in [-0.2, -0.15) is 0 Å². The van der Waals surface area contributed by atoms with Crippen LogP contribution in [0.3, 0.4) is 0 Å². The summed E-state index contributed by atoms with van der Waals surface area (Å²) in [7, 11) is 0. The van der Waals surface area contributed by atoms with Crippen LogP contribution in [-0.2, 0) is 4.79 Å². The maximum absolute atomic E-state index is 11.7. The summed E-state index contributed by atoms with van der Waals surface area (Å²) in [5.41, 5.74) is 5.83. The van der Waals surface area contributed by atoms with Crippen LogP contribution in [0.25, 0.3) is 0 Å². The summed E-state index contributed by atoms with van der Waals surface area (Å²) in [6, 6.07) is -0.561. The summed E-state index contributed by atoms with van der Waals surface area (Å²) >= 11 is 0. The van der Waals surface area contributed by atoms with Gasteiger partial charge in [0.15, 0.2) is 5.76 Å². The first kappa shape index (κ1) is 21.4. The molecule has 1 rings (SSSR count). The molecule has 0 heterocycles. The molecule has 0 saturated carbocycles. The van der Waals surface area contributed by atoms with Crippen molar-refractivity contribution in [3.05, 3.63) is 48.3 Å². The average molecular weight is 349 g/mol. The molecule has 5 heteroatoms. The second-order valence-corrected chi connectivity index (χ2v) is 6.82. The highest BCUT2D eigenvalue weighted by Crippen LogP contribution is 2.17. The molecular weight excluding hydrogens is 318 g/mol. The number of aliphatic hydroxyl groups is 3. The molecular formula is C20H31NO4. The Morgan fingerprint density at radius 1 is 1.20 bits per heavy atom. The van der Waals surface area contributed by atoms with Crippen molar-refractivity contribution in [1.29, 1.82) is 0 Å². The summed E-state index contributed by atoms with van der Waals surface area (Å²) in [6.45, 7) is 3.41. The maximum Gasteiger partial charge on any atom is 0.225 e. The molecule has 1 aliphatic carbocycles. The summed E-state index contributed by atoms with van der Waals surface area (Å²) in [5.74, 6) is -1.05. The molecule has 0 saturated heterocycles. The molecule has 0 bridgehead atoms. The SMILES string of the molecule is CC(C)C(O)C(=O)/C(O)=C/C(N)/C=C\CCCCC1C=CC(O)C=C1. The van der Waals surface area contributed by atoms with E-state index in [-0.39, 0.29) is 5.92 Å². The predicted octanol–water partition coefficient (Wildman–Crippen LogP) is 2.56. The average Bonchev–Trinajstić information content (AvgIpc) is 2.57. The van der Waals surface area contributed by atoms with Crippen molar-refractivity contribution in [2.24, 2.45) is 17.6 Å². The first-order valence-electron chi connectivity index (χ1n) is 8.91. The van der Waals surface area contributed by atoms with Gasteiger partial charge in [0.1, 0.15) is 6.10 Å². The van der Waals surface area contributed by atoms with Crippen LogP contribution in [0.15, 0.2) is 48.3 Å². The number of ketones is 1. The molecule has 0 radical (unpaired) electrons. The molecule has 2 atom stereocenters. The van der Waals surface area contributed by atoms with Crippen LogP contribution in [0.5, 0.6) is 0 Å². The number of rotatable bonds is 10. The fourth-order valence-corrected chi connectivity index (χ4v) is 2.50.